The van der Waals surface area contributed by atoms with E-state index in [-0.39, 0.29) is 11.8 Å². The Hall–Kier alpha value is -1.84. The van der Waals surface area contributed by atoms with Crippen LogP contribution >= 0.6 is 0 Å². The van der Waals surface area contributed by atoms with Crippen LogP contribution in [0.3, 0.4) is 0 Å². The van der Waals surface area contributed by atoms with Crippen molar-refractivity contribution in [2.75, 3.05) is 18.5 Å². The average molecular weight is 260 g/mol. The van der Waals surface area contributed by atoms with E-state index in [1.165, 1.54) is 0 Å². The van der Waals surface area contributed by atoms with Crippen molar-refractivity contribution >= 4 is 17.5 Å². The van der Waals surface area contributed by atoms with Crippen molar-refractivity contribution in [1.82, 2.24) is 4.90 Å². The molecule has 0 radical (unpaired) electrons. The maximum Gasteiger partial charge on any atom is 0.228 e. The molecule has 2 amide bonds. The summed E-state index contributed by atoms with van der Waals surface area (Å²) in [6, 6.07) is 9.92. The van der Waals surface area contributed by atoms with E-state index in [2.05, 4.69) is 0 Å². The second-order valence-corrected chi connectivity index (χ2v) is 4.98. The molecule has 0 saturated heterocycles. The number of para-hydroxylation sites is 1. The summed E-state index contributed by atoms with van der Waals surface area (Å²) in [6.07, 6.45) is 2.52. The van der Waals surface area contributed by atoms with Gasteiger partial charge in [0.25, 0.3) is 0 Å². The van der Waals surface area contributed by atoms with Gasteiger partial charge in [-0.25, -0.2) is 0 Å². The normalized spacial score (nSPS) is 14.0. The number of amides is 2. The fourth-order valence-corrected chi connectivity index (χ4v) is 2.16. The number of benzene rings is 1. The Kier molecular flexibility index (Phi) is 4.20. The number of carbonyl (C=O) groups excluding carboxylic acids is 2. The Labute approximate surface area is 114 Å². The first-order chi connectivity index (χ1) is 9.09. The van der Waals surface area contributed by atoms with Crippen LogP contribution in [0.1, 0.15) is 26.2 Å². The molecule has 1 fully saturated rings. The smallest absolute Gasteiger partial charge is 0.228 e. The zero-order chi connectivity index (χ0) is 13.8. The largest absolute Gasteiger partial charge is 0.339 e. The van der Waals surface area contributed by atoms with Crippen molar-refractivity contribution in [1.29, 1.82) is 0 Å². The van der Waals surface area contributed by atoms with Crippen molar-refractivity contribution in [2.24, 2.45) is 0 Å². The summed E-state index contributed by atoms with van der Waals surface area (Å²) < 4.78 is 0. The number of hydrogen-bond donors (Lipinski definition) is 0. The molecular weight excluding hydrogens is 240 g/mol. The van der Waals surface area contributed by atoms with Crippen molar-refractivity contribution in [2.45, 2.75) is 32.2 Å². The second kappa shape index (κ2) is 5.87. The topological polar surface area (TPSA) is 40.6 Å². The maximum absolute atomic E-state index is 12.1. The van der Waals surface area contributed by atoms with E-state index in [0.717, 1.165) is 18.5 Å². The lowest BCUT2D eigenvalue weighted by Crippen LogP contribution is -2.36. The minimum Gasteiger partial charge on any atom is -0.339 e. The van der Waals surface area contributed by atoms with Gasteiger partial charge < -0.3 is 9.80 Å². The highest BCUT2D eigenvalue weighted by Crippen LogP contribution is 2.27. The zero-order valence-electron chi connectivity index (χ0n) is 11.5. The maximum atomic E-state index is 12.1. The van der Waals surface area contributed by atoms with E-state index in [9.17, 15) is 9.59 Å². The van der Waals surface area contributed by atoms with Crippen molar-refractivity contribution in [3.8, 4) is 0 Å². The van der Waals surface area contributed by atoms with Gasteiger partial charge >= 0.3 is 0 Å². The highest BCUT2D eigenvalue weighted by Gasteiger charge is 2.31. The average Bonchev–Trinajstić information content (AvgIpc) is 3.23. The lowest BCUT2D eigenvalue weighted by atomic mass is 10.2. The Bertz CT molecular complexity index is 454. The Morgan fingerprint density at radius 3 is 2.37 bits per heavy atom. The lowest BCUT2D eigenvalue weighted by molar-refractivity contribution is -0.130. The fraction of sp³-hybridized carbons (Fsp3) is 0.467. The van der Waals surface area contributed by atoms with Crippen LogP contribution in [0, 0.1) is 0 Å². The van der Waals surface area contributed by atoms with Crippen LogP contribution in [0.25, 0.3) is 0 Å². The van der Waals surface area contributed by atoms with Gasteiger partial charge in [0.2, 0.25) is 11.8 Å². The minimum absolute atomic E-state index is 0.0399. The fourth-order valence-electron chi connectivity index (χ4n) is 2.16. The molecule has 1 saturated carbocycles. The quantitative estimate of drug-likeness (QED) is 0.813. The van der Waals surface area contributed by atoms with Crippen LogP contribution in [-0.4, -0.2) is 36.3 Å². The number of hydrogen-bond acceptors (Lipinski definition) is 2. The molecule has 19 heavy (non-hydrogen) atoms. The number of anilines is 1. The summed E-state index contributed by atoms with van der Waals surface area (Å²) in [5.41, 5.74) is 0.883. The zero-order valence-corrected chi connectivity index (χ0v) is 11.5. The third-order valence-electron chi connectivity index (χ3n) is 3.48. The van der Waals surface area contributed by atoms with Gasteiger partial charge in [-0.1, -0.05) is 18.2 Å². The molecule has 1 aliphatic carbocycles. The Morgan fingerprint density at radius 1 is 1.21 bits per heavy atom. The van der Waals surface area contributed by atoms with Crippen molar-refractivity contribution in [3.63, 3.8) is 0 Å². The van der Waals surface area contributed by atoms with Gasteiger partial charge in [-0.3, -0.25) is 9.59 Å². The first-order valence-electron chi connectivity index (χ1n) is 6.68. The molecule has 2 rings (SSSR count). The highest BCUT2D eigenvalue weighted by atomic mass is 16.2. The lowest BCUT2D eigenvalue weighted by Gasteiger charge is -2.22. The van der Waals surface area contributed by atoms with Gasteiger partial charge in [0, 0.05) is 38.7 Å². The third kappa shape index (κ3) is 3.56. The Morgan fingerprint density at radius 2 is 1.84 bits per heavy atom. The molecule has 1 aromatic carbocycles. The summed E-state index contributed by atoms with van der Waals surface area (Å²) >= 11 is 0. The van der Waals surface area contributed by atoms with E-state index in [0.29, 0.717) is 19.0 Å². The molecule has 4 nitrogen and oxygen atoms in total. The summed E-state index contributed by atoms with van der Waals surface area (Å²) in [5, 5.41) is 0. The van der Waals surface area contributed by atoms with Crippen molar-refractivity contribution < 1.29 is 9.59 Å². The van der Waals surface area contributed by atoms with Crippen LogP contribution in [-0.2, 0) is 9.59 Å². The van der Waals surface area contributed by atoms with Gasteiger partial charge in [0.05, 0.1) is 0 Å². The number of rotatable bonds is 5. The van der Waals surface area contributed by atoms with Crippen LogP contribution < -0.4 is 4.90 Å². The summed E-state index contributed by atoms with van der Waals surface area (Å²) in [7, 11) is 1.77. The monoisotopic (exact) mass is 260 g/mol. The molecule has 0 aromatic heterocycles. The summed E-state index contributed by atoms with van der Waals surface area (Å²) in [4.78, 5) is 27.0. The number of nitrogens with zero attached hydrogens (tertiary/aromatic N) is 2. The van der Waals surface area contributed by atoms with E-state index < -0.39 is 0 Å². The molecular formula is C15H20N2O2. The molecule has 0 aliphatic heterocycles. The molecule has 0 bridgehead atoms. The molecule has 0 N–H and O–H groups in total. The van der Waals surface area contributed by atoms with Crippen LogP contribution in [0.5, 0.6) is 0 Å². The molecule has 4 heteroatoms. The standard InChI is InChI=1S/C15H20N2O2/c1-12(18)17(14-8-9-14)11-10-15(19)16(2)13-6-4-3-5-7-13/h3-7,14H,8-11H2,1-2H3. The van der Waals surface area contributed by atoms with E-state index in [1.807, 2.05) is 35.2 Å². The third-order valence-corrected chi connectivity index (χ3v) is 3.48. The summed E-state index contributed by atoms with van der Waals surface area (Å²) in [5.74, 6) is 0.107. The van der Waals surface area contributed by atoms with Gasteiger partial charge in [0.1, 0.15) is 0 Å². The molecule has 1 aliphatic rings. The molecule has 0 spiro atoms. The SMILES string of the molecule is CC(=O)N(CCC(=O)N(C)c1ccccc1)C1CC1. The number of carbonyl (C=O) groups is 2. The van der Waals surface area contributed by atoms with Gasteiger partial charge in [0.15, 0.2) is 0 Å². The van der Waals surface area contributed by atoms with E-state index >= 15 is 0 Å². The molecule has 0 unspecified atom stereocenters. The predicted molar refractivity (Wildman–Crippen MR) is 74.9 cm³/mol. The minimum atomic E-state index is 0.0399. The highest BCUT2D eigenvalue weighted by molar-refractivity contribution is 5.93. The van der Waals surface area contributed by atoms with Crippen molar-refractivity contribution in [3.05, 3.63) is 30.3 Å². The molecule has 102 valence electrons. The van der Waals surface area contributed by atoms with Crippen LogP contribution in [0.2, 0.25) is 0 Å². The molecule has 0 atom stereocenters. The van der Waals surface area contributed by atoms with Gasteiger partial charge in [-0.2, -0.15) is 0 Å². The Balaban J connectivity index is 1.88. The van der Waals surface area contributed by atoms with Gasteiger partial charge in [-0.05, 0) is 25.0 Å². The molecule has 1 aromatic rings. The van der Waals surface area contributed by atoms with E-state index in [4.69, 9.17) is 0 Å². The van der Waals surface area contributed by atoms with Crippen LogP contribution in [0.4, 0.5) is 5.69 Å². The summed E-state index contributed by atoms with van der Waals surface area (Å²) in [6.45, 7) is 2.10. The van der Waals surface area contributed by atoms with E-state index in [1.54, 1.807) is 18.9 Å². The van der Waals surface area contributed by atoms with Crippen LogP contribution in [0.15, 0.2) is 30.3 Å². The first kappa shape index (κ1) is 13.6. The molecule has 0 heterocycles. The first-order valence-corrected chi connectivity index (χ1v) is 6.68. The van der Waals surface area contributed by atoms with Gasteiger partial charge in [-0.15, -0.1) is 0 Å². The predicted octanol–water partition coefficient (Wildman–Crippen LogP) is 2.05. The second-order valence-electron chi connectivity index (χ2n) is 4.98.